The molecule has 0 aliphatic carbocycles. The predicted octanol–water partition coefficient (Wildman–Crippen LogP) is 2.72. The van der Waals surface area contributed by atoms with E-state index in [1.165, 1.54) is 6.20 Å². The molecule has 5 heteroatoms. The van der Waals surface area contributed by atoms with Gasteiger partial charge < -0.3 is 10.6 Å². The minimum absolute atomic E-state index is 0.158. The van der Waals surface area contributed by atoms with Gasteiger partial charge in [-0.25, -0.2) is 0 Å². The van der Waals surface area contributed by atoms with Crippen LogP contribution in [-0.4, -0.2) is 22.6 Å². The zero-order chi connectivity index (χ0) is 14.4. The van der Waals surface area contributed by atoms with E-state index in [0.29, 0.717) is 5.56 Å². The smallest absolute Gasteiger partial charge is 0.258 e. The van der Waals surface area contributed by atoms with Gasteiger partial charge in [0.15, 0.2) is 0 Å². The molecule has 2 rings (SSSR count). The second-order valence-corrected chi connectivity index (χ2v) is 4.70. The molecule has 0 saturated carbocycles. The minimum Gasteiger partial charge on any atom is -0.322 e. The highest BCUT2D eigenvalue weighted by Crippen LogP contribution is 2.23. The first kappa shape index (κ1) is 14.3. The molecule has 20 heavy (non-hydrogen) atoms. The van der Waals surface area contributed by atoms with Gasteiger partial charge in [-0.05, 0) is 31.5 Å². The van der Waals surface area contributed by atoms with E-state index in [1.54, 1.807) is 6.20 Å². The number of hydrogen-bond acceptors (Lipinski definition) is 3. The molecule has 1 aromatic carbocycles. The van der Waals surface area contributed by atoms with Crippen molar-refractivity contribution in [3.8, 4) is 0 Å². The Balaban J connectivity index is 2.13. The van der Waals surface area contributed by atoms with Crippen LogP contribution in [0.5, 0.6) is 0 Å². The van der Waals surface area contributed by atoms with Gasteiger partial charge in [0.2, 0.25) is 0 Å². The second-order valence-electron chi connectivity index (χ2n) is 4.70. The maximum atomic E-state index is 12.1. The fourth-order valence-corrected chi connectivity index (χ4v) is 2.03. The van der Waals surface area contributed by atoms with E-state index in [4.69, 9.17) is 0 Å². The lowest BCUT2D eigenvalue weighted by Gasteiger charge is -2.18. The molecule has 0 aliphatic rings. The Bertz CT molecular complexity index is 551. The Kier molecular flexibility index (Phi) is 4.90. The van der Waals surface area contributed by atoms with Gasteiger partial charge in [-0.3, -0.25) is 9.89 Å². The summed E-state index contributed by atoms with van der Waals surface area (Å²) in [4.78, 5) is 12.1. The molecule has 1 heterocycles. The van der Waals surface area contributed by atoms with E-state index in [2.05, 4.69) is 34.7 Å². The molecule has 0 saturated heterocycles. The number of para-hydroxylation sites is 1. The number of rotatable bonds is 6. The number of anilines is 1. The van der Waals surface area contributed by atoms with Gasteiger partial charge in [0.05, 0.1) is 11.8 Å². The molecule has 1 unspecified atom stereocenters. The van der Waals surface area contributed by atoms with Crippen LogP contribution in [0.25, 0.3) is 0 Å². The number of hydrogen-bond donors (Lipinski definition) is 3. The van der Waals surface area contributed by atoms with Crippen molar-refractivity contribution in [3.63, 3.8) is 0 Å². The fourth-order valence-electron chi connectivity index (χ4n) is 2.03. The Morgan fingerprint density at radius 2 is 2.20 bits per heavy atom. The van der Waals surface area contributed by atoms with Crippen LogP contribution in [0, 0.1) is 0 Å². The van der Waals surface area contributed by atoms with Crippen LogP contribution in [0.2, 0.25) is 0 Å². The highest BCUT2D eigenvalue weighted by Gasteiger charge is 2.13. The minimum atomic E-state index is -0.158. The molecule has 5 nitrogen and oxygen atoms in total. The number of nitrogens with one attached hydrogen (secondary N) is 3. The largest absolute Gasteiger partial charge is 0.322 e. The molecule has 0 fully saturated rings. The van der Waals surface area contributed by atoms with E-state index < -0.39 is 0 Å². The predicted molar refractivity (Wildman–Crippen MR) is 79.7 cm³/mol. The van der Waals surface area contributed by atoms with E-state index in [-0.39, 0.29) is 11.9 Å². The number of H-pyrrole nitrogens is 1. The van der Waals surface area contributed by atoms with Crippen LogP contribution >= 0.6 is 0 Å². The monoisotopic (exact) mass is 272 g/mol. The highest BCUT2D eigenvalue weighted by atomic mass is 16.1. The lowest BCUT2D eigenvalue weighted by atomic mass is 10.1. The fraction of sp³-hybridized carbons (Fsp3) is 0.333. The van der Waals surface area contributed by atoms with Gasteiger partial charge in [0.1, 0.15) is 0 Å². The molecule has 106 valence electrons. The normalized spacial score (nSPS) is 12.1. The van der Waals surface area contributed by atoms with Crippen molar-refractivity contribution in [2.75, 3.05) is 11.9 Å². The van der Waals surface area contributed by atoms with Crippen LogP contribution in [0.3, 0.4) is 0 Å². The van der Waals surface area contributed by atoms with E-state index in [0.717, 1.165) is 24.2 Å². The summed E-state index contributed by atoms with van der Waals surface area (Å²) in [6.07, 6.45) is 4.17. The van der Waals surface area contributed by atoms with Crippen molar-refractivity contribution < 1.29 is 4.79 Å². The topological polar surface area (TPSA) is 69.8 Å². The average molecular weight is 272 g/mol. The van der Waals surface area contributed by atoms with Crippen molar-refractivity contribution >= 4 is 11.6 Å². The number of benzene rings is 1. The molecular weight excluding hydrogens is 252 g/mol. The van der Waals surface area contributed by atoms with Crippen LogP contribution in [0.4, 0.5) is 5.69 Å². The summed E-state index contributed by atoms with van der Waals surface area (Å²) in [5.41, 5.74) is 2.43. The van der Waals surface area contributed by atoms with Crippen molar-refractivity contribution in [2.45, 2.75) is 26.3 Å². The lowest BCUT2D eigenvalue weighted by molar-refractivity contribution is 0.102. The SMILES string of the molecule is CCCNC(C)c1ccccc1NC(=O)c1cn[nH]c1. The van der Waals surface area contributed by atoms with Crippen molar-refractivity contribution in [2.24, 2.45) is 0 Å². The molecule has 2 aromatic rings. The Morgan fingerprint density at radius 1 is 1.40 bits per heavy atom. The zero-order valence-corrected chi connectivity index (χ0v) is 11.8. The standard InChI is InChI=1S/C15H20N4O/c1-3-8-16-11(2)13-6-4-5-7-14(13)19-15(20)12-9-17-18-10-12/h4-7,9-11,16H,3,8H2,1-2H3,(H,17,18)(H,19,20). The summed E-state index contributed by atoms with van der Waals surface area (Å²) in [6, 6.07) is 8.03. The number of carbonyl (C=O) groups excluding carboxylic acids is 1. The molecule has 1 amide bonds. The summed E-state index contributed by atoms with van der Waals surface area (Å²) >= 11 is 0. The first-order valence-electron chi connectivity index (χ1n) is 6.84. The summed E-state index contributed by atoms with van der Waals surface area (Å²) < 4.78 is 0. The third-order valence-electron chi connectivity index (χ3n) is 3.14. The molecule has 0 radical (unpaired) electrons. The Labute approximate surface area is 118 Å². The van der Waals surface area contributed by atoms with Crippen molar-refractivity contribution in [1.29, 1.82) is 0 Å². The number of aromatic nitrogens is 2. The number of nitrogens with zero attached hydrogens (tertiary/aromatic N) is 1. The van der Waals surface area contributed by atoms with E-state index >= 15 is 0 Å². The molecular formula is C15H20N4O. The molecule has 1 atom stereocenters. The molecule has 3 N–H and O–H groups in total. The maximum absolute atomic E-state index is 12.1. The summed E-state index contributed by atoms with van der Waals surface area (Å²) in [7, 11) is 0. The summed E-state index contributed by atoms with van der Waals surface area (Å²) in [5.74, 6) is -0.158. The first-order chi connectivity index (χ1) is 9.72. The van der Waals surface area contributed by atoms with Crippen molar-refractivity contribution in [1.82, 2.24) is 15.5 Å². The lowest BCUT2D eigenvalue weighted by Crippen LogP contribution is -2.21. The van der Waals surface area contributed by atoms with Gasteiger partial charge in [-0.1, -0.05) is 25.1 Å². The van der Waals surface area contributed by atoms with Gasteiger partial charge in [-0.2, -0.15) is 5.10 Å². The molecule has 0 aliphatic heterocycles. The van der Waals surface area contributed by atoms with Crippen LogP contribution in [0.1, 0.15) is 42.2 Å². The molecule has 0 spiro atoms. The van der Waals surface area contributed by atoms with E-state index in [1.807, 2.05) is 24.3 Å². The highest BCUT2D eigenvalue weighted by molar-refractivity contribution is 6.04. The van der Waals surface area contributed by atoms with Gasteiger partial charge in [-0.15, -0.1) is 0 Å². The van der Waals surface area contributed by atoms with E-state index in [9.17, 15) is 4.79 Å². The Hall–Kier alpha value is -2.14. The van der Waals surface area contributed by atoms with Gasteiger partial charge in [0, 0.05) is 17.9 Å². The van der Waals surface area contributed by atoms with Crippen LogP contribution < -0.4 is 10.6 Å². The van der Waals surface area contributed by atoms with Gasteiger partial charge >= 0.3 is 0 Å². The first-order valence-corrected chi connectivity index (χ1v) is 6.84. The second kappa shape index (κ2) is 6.86. The Morgan fingerprint density at radius 3 is 2.90 bits per heavy atom. The average Bonchev–Trinajstić information content (AvgIpc) is 2.99. The summed E-state index contributed by atoms with van der Waals surface area (Å²) in [6.45, 7) is 5.18. The van der Waals surface area contributed by atoms with Crippen molar-refractivity contribution in [3.05, 3.63) is 47.8 Å². The van der Waals surface area contributed by atoms with Crippen LogP contribution in [-0.2, 0) is 0 Å². The third-order valence-corrected chi connectivity index (χ3v) is 3.14. The maximum Gasteiger partial charge on any atom is 0.258 e. The zero-order valence-electron chi connectivity index (χ0n) is 11.8. The molecule has 0 bridgehead atoms. The number of carbonyl (C=O) groups is 1. The number of amides is 1. The van der Waals surface area contributed by atoms with Gasteiger partial charge in [0.25, 0.3) is 5.91 Å². The quantitative estimate of drug-likeness (QED) is 0.757. The molecule has 1 aromatic heterocycles. The van der Waals surface area contributed by atoms with Crippen LogP contribution in [0.15, 0.2) is 36.7 Å². The summed E-state index contributed by atoms with van der Waals surface area (Å²) in [5, 5.41) is 12.8. The number of aromatic amines is 1. The third kappa shape index (κ3) is 3.45.